The van der Waals surface area contributed by atoms with E-state index in [1.165, 1.54) is 25.7 Å². The van der Waals surface area contributed by atoms with E-state index in [9.17, 15) is 5.11 Å². The normalized spacial score (nSPS) is 15.6. The molecule has 1 aliphatic carbocycles. The van der Waals surface area contributed by atoms with Crippen LogP contribution in [-0.4, -0.2) is 32.6 Å². The third-order valence-electron chi connectivity index (χ3n) is 4.66. The summed E-state index contributed by atoms with van der Waals surface area (Å²) in [4.78, 5) is 11.8. The fourth-order valence-corrected chi connectivity index (χ4v) is 3.29. The quantitative estimate of drug-likeness (QED) is 0.624. The number of benzene rings is 1. The van der Waals surface area contributed by atoms with Gasteiger partial charge in [-0.15, -0.1) is 0 Å². The molecule has 0 aliphatic heterocycles. The minimum Gasteiger partial charge on any atom is -0.385 e. The fraction of sp³-hybridized carbons (Fsp3) is 0.450. The van der Waals surface area contributed by atoms with Crippen LogP contribution in [0.2, 0.25) is 0 Å². The molecule has 1 aromatic carbocycles. The molecule has 6 heteroatoms. The molecule has 0 bridgehead atoms. The predicted octanol–water partition coefficient (Wildman–Crippen LogP) is 3.60. The van der Waals surface area contributed by atoms with Crippen LogP contribution >= 0.6 is 0 Å². The number of nitriles is 1. The second-order valence-corrected chi connectivity index (χ2v) is 6.68. The van der Waals surface area contributed by atoms with Crippen molar-refractivity contribution in [3.05, 3.63) is 36.3 Å². The summed E-state index contributed by atoms with van der Waals surface area (Å²) in [5.74, 6) is 0.577. The first kappa shape index (κ1) is 18.3. The number of pyridine rings is 1. The van der Waals surface area contributed by atoms with E-state index in [-0.39, 0.29) is 0 Å². The number of H-pyrrole nitrogens is 1. The minimum atomic E-state index is -0.592. The highest BCUT2D eigenvalue weighted by molar-refractivity contribution is 6.01. The van der Waals surface area contributed by atoms with Gasteiger partial charge < -0.3 is 15.4 Å². The van der Waals surface area contributed by atoms with Crippen LogP contribution in [0.4, 0.5) is 0 Å². The zero-order valence-electron chi connectivity index (χ0n) is 15.1. The largest absolute Gasteiger partial charge is 0.385 e. The maximum Gasteiger partial charge on any atom is 0.136 e. The van der Waals surface area contributed by atoms with Crippen molar-refractivity contribution in [2.75, 3.05) is 6.54 Å². The average molecular weight is 351 g/mol. The van der Waals surface area contributed by atoms with Crippen molar-refractivity contribution in [1.29, 1.82) is 5.26 Å². The number of nitrogens with one attached hydrogen (secondary N) is 2. The second kappa shape index (κ2) is 8.75. The van der Waals surface area contributed by atoms with Gasteiger partial charge in [0.05, 0.1) is 28.8 Å². The average Bonchev–Trinajstić information content (AvgIpc) is 3.32. The number of fused-ring (bicyclic) bond motifs is 3. The molecule has 0 amide bonds. The number of aromatic amines is 1. The number of aliphatic hydroxyl groups excluding tert-OH is 1. The van der Waals surface area contributed by atoms with Gasteiger partial charge in [0.25, 0.3) is 0 Å². The monoisotopic (exact) mass is 351 g/mol. The first-order valence-electron chi connectivity index (χ1n) is 9.21. The summed E-state index contributed by atoms with van der Waals surface area (Å²) in [6, 6.07) is 10.7. The molecule has 0 radical (unpaired) electrons. The minimum absolute atomic E-state index is 0.577. The number of imidazole rings is 1. The van der Waals surface area contributed by atoms with Gasteiger partial charge in [-0.2, -0.15) is 5.26 Å². The van der Waals surface area contributed by atoms with E-state index in [1.54, 1.807) is 13.1 Å². The highest BCUT2D eigenvalue weighted by Crippen LogP contribution is 2.23. The van der Waals surface area contributed by atoms with Crippen molar-refractivity contribution >= 4 is 21.9 Å². The highest BCUT2D eigenvalue weighted by Gasteiger charge is 2.13. The van der Waals surface area contributed by atoms with Gasteiger partial charge in [0, 0.05) is 24.4 Å². The topological polar surface area (TPSA) is 97.6 Å². The van der Waals surface area contributed by atoms with E-state index in [0.29, 0.717) is 18.3 Å². The number of nitrogens with zero attached hydrogens (tertiary/aromatic N) is 3. The summed E-state index contributed by atoms with van der Waals surface area (Å²) in [5.41, 5.74) is 2.63. The van der Waals surface area contributed by atoms with Gasteiger partial charge in [-0.1, -0.05) is 31.0 Å². The van der Waals surface area contributed by atoms with Gasteiger partial charge in [0.2, 0.25) is 0 Å². The molecular formula is C20H25N5O. The van der Waals surface area contributed by atoms with Crippen molar-refractivity contribution < 1.29 is 5.11 Å². The first-order chi connectivity index (χ1) is 12.7. The lowest BCUT2D eigenvalue weighted by atomic mass is 10.2. The summed E-state index contributed by atoms with van der Waals surface area (Å²) >= 11 is 0. The Balaban J connectivity index is 0.000000170. The molecule has 1 atom stereocenters. The van der Waals surface area contributed by atoms with Crippen LogP contribution in [-0.2, 0) is 0 Å². The predicted molar refractivity (Wildman–Crippen MR) is 103 cm³/mol. The van der Waals surface area contributed by atoms with Crippen molar-refractivity contribution in [2.45, 2.75) is 51.2 Å². The second-order valence-electron chi connectivity index (χ2n) is 6.68. The molecule has 2 aromatic heterocycles. The van der Waals surface area contributed by atoms with Crippen LogP contribution in [0.15, 0.2) is 30.5 Å². The molecule has 0 spiro atoms. The maximum atomic E-state index is 9.48. The third-order valence-corrected chi connectivity index (χ3v) is 4.66. The number of rotatable bonds is 4. The van der Waals surface area contributed by atoms with E-state index < -0.39 is 6.10 Å². The molecule has 2 heterocycles. The van der Waals surface area contributed by atoms with Crippen LogP contribution < -0.4 is 5.32 Å². The molecule has 1 saturated carbocycles. The van der Waals surface area contributed by atoms with E-state index in [4.69, 9.17) is 5.26 Å². The summed E-state index contributed by atoms with van der Waals surface area (Å²) in [6.07, 6.45) is 7.16. The lowest BCUT2D eigenvalue weighted by Gasteiger charge is -2.08. The smallest absolute Gasteiger partial charge is 0.136 e. The van der Waals surface area contributed by atoms with Crippen LogP contribution in [0.5, 0.6) is 0 Å². The highest BCUT2D eigenvalue weighted by atomic mass is 16.3. The Labute approximate surface area is 153 Å². The summed E-state index contributed by atoms with van der Waals surface area (Å²) in [7, 11) is 0. The van der Waals surface area contributed by atoms with Crippen molar-refractivity contribution in [1.82, 2.24) is 20.3 Å². The summed E-state index contributed by atoms with van der Waals surface area (Å²) < 4.78 is 0. The molecule has 26 heavy (non-hydrogen) atoms. The molecule has 3 aromatic rings. The van der Waals surface area contributed by atoms with Gasteiger partial charge >= 0.3 is 0 Å². The van der Waals surface area contributed by atoms with Crippen LogP contribution in [0.1, 0.15) is 51.0 Å². The SMILES string of the molecule is CC(O)c1nc2c(cnc3ccccc32)[nH]1.N#CCCNC1CCCC1. The molecule has 1 unspecified atom stereocenters. The zero-order chi connectivity index (χ0) is 18.4. The first-order valence-corrected chi connectivity index (χ1v) is 9.21. The summed E-state index contributed by atoms with van der Waals surface area (Å²) in [5, 5.41) is 22.1. The lowest BCUT2D eigenvalue weighted by Crippen LogP contribution is -2.26. The molecule has 3 N–H and O–H groups in total. The van der Waals surface area contributed by atoms with Crippen LogP contribution in [0.3, 0.4) is 0 Å². The van der Waals surface area contributed by atoms with Crippen LogP contribution in [0.25, 0.3) is 21.9 Å². The fourth-order valence-electron chi connectivity index (χ4n) is 3.29. The zero-order valence-corrected chi connectivity index (χ0v) is 15.1. The number of para-hydroxylation sites is 1. The molecule has 6 nitrogen and oxygen atoms in total. The van der Waals surface area contributed by atoms with Gasteiger partial charge in [0.1, 0.15) is 11.9 Å². The van der Waals surface area contributed by atoms with E-state index >= 15 is 0 Å². The Hall–Kier alpha value is -2.49. The molecule has 1 aliphatic rings. The molecule has 136 valence electrons. The van der Waals surface area contributed by atoms with E-state index in [2.05, 4.69) is 26.3 Å². The molecule has 4 rings (SSSR count). The van der Waals surface area contributed by atoms with Gasteiger partial charge in [-0.05, 0) is 25.8 Å². The summed E-state index contributed by atoms with van der Waals surface area (Å²) in [6.45, 7) is 2.56. The molecule has 1 fully saturated rings. The Morgan fingerprint density at radius 3 is 2.85 bits per heavy atom. The molecular weight excluding hydrogens is 326 g/mol. The standard InChI is InChI=1S/C12H11N3O.C8H14N2/c1-7(16)12-14-10-6-13-9-5-3-2-4-8(9)11(10)15-12;9-6-3-7-10-8-4-1-2-5-8/h2-7,16H,1H3,(H,14,15);8,10H,1-5,7H2. The number of hydrogen-bond donors (Lipinski definition) is 3. The number of hydrogen-bond acceptors (Lipinski definition) is 5. The number of aromatic nitrogens is 3. The Bertz CT molecular complexity index is 890. The van der Waals surface area contributed by atoms with Gasteiger partial charge in [0.15, 0.2) is 0 Å². The van der Waals surface area contributed by atoms with Crippen molar-refractivity contribution in [3.63, 3.8) is 0 Å². The third kappa shape index (κ3) is 4.37. The lowest BCUT2D eigenvalue weighted by molar-refractivity contribution is 0.190. The van der Waals surface area contributed by atoms with Crippen LogP contribution in [0, 0.1) is 11.3 Å². The Morgan fingerprint density at radius 1 is 1.35 bits per heavy atom. The number of aliphatic hydroxyl groups is 1. The maximum absolute atomic E-state index is 9.48. The van der Waals surface area contributed by atoms with E-state index in [1.807, 2.05) is 24.3 Å². The molecule has 0 saturated heterocycles. The van der Waals surface area contributed by atoms with Gasteiger partial charge in [-0.3, -0.25) is 4.98 Å². The Kier molecular flexibility index (Phi) is 6.16. The van der Waals surface area contributed by atoms with Gasteiger partial charge in [-0.25, -0.2) is 4.98 Å². The van der Waals surface area contributed by atoms with Crippen molar-refractivity contribution in [3.8, 4) is 6.07 Å². The Morgan fingerprint density at radius 2 is 2.12 bits per heavy atom. The van der Waals surface area contributed by atoms with E-state index in [0.717, 1.165) is 28.5 Å². The van der Waals surface area contributed by atoms with Crippen molar-refractivity contribution in [2.24, 2.45) is 0 Å².